The number of rotatable bonds is 12. The van der Waals surface area contributed by atoms with Gasteiger partial charge in [0.15, 0.2) is 0 Å². The Balaban J connectivity index is 1.39. The molecule has 3 saturated heterocycles. The summed E-state index contributed by atoms with van der Waals surface area (Å²) in [6, 6.07) is 13.6. The van der Waals surface area contributed by atoms with Crippen LogP contribution in [0.25, 0.3) is 0 Å². The van der Waals surface area contributed by atoms with Gasteiger partial charge in [-0.05, 0) is 69.0 Å². The minimum Gasteiger partial charge on any atom is -0.494 e. The third kappa shape index (κ3) is 5.43. The Kier molecular flexibility index (Phi) is 8.92. The van der Waals surface area contributed by atoms with Crippen molar-refractivity contribution in [3.63, 3.8) is 0 Å². The number of ether oxygens (including phenoxy) is 1. The van der Waals surface area contributed by atoms with Gasteiger partial charge in [0, 0.05) is 24.1 Å². The van der Waals surface area contributed by atoms with Crippen molar-refractivity contribution < 1.29 is 24.2 Å². The molecule has 40 heavy (non-hydrogen) atoms. The smallest absolute Gasteiger partial charge is 0.248 e. The molecule has 0 saturated carbocycles. The molecule has 5 atom stereocenters. The van der Waals surface area contributed by atoms with Gasteiger partial charge in [-0.25, -0.2) is 0 Å². The van der Waals surface area contributed by atoms with Crippen LogP contribution in [-0.4, -0.2) is 63.5 Å². The number of carbonyl (C=O) groups is 3. The fourth-order valence-corrected chi connectivity index (χ4v) is 8.93. The topological polar surface area (TPSA) is 108 Å². The number of hydrogen-bond acceptors (Lipinski definition) is 6. The molecule has 2 bridgehead atoms. The molecular weight excluding hydrogens is 550 g/mol. The van der Waals surface area contributed by atoms with E-state index >= 15 is 0 Å². The number of para-hydroxylation sites is 1. The van der Waals surface area contributed by atoms with Crippen LogP contribution in [0.15, 0.2) is 48.5 Å². The standard InChI is InChI=1S/C30H36ClN3O5S/c1-2-39-20-13-11-19(12-14-20)32-27(36)24-23-15-16-30(40-23)25(24)29(38)34(17-7-3-4-8-18-35)26(30)28(37)33-22-10-6-5-9-21(22)31/h5-6,9-14,23-26,35H,2-4,7-8,15-18H2,1H3,(H,32,36)(H,33,37)/t23-,24+,25+,26?,30?/m1/s1. The summed E-state index contributed by atoms with van der Waals surface area (Å²) in [5.41, 5.74) is 1.15. The number of carbonyl (C=O) groups excluding carboxylic acids is 3. The number of aliphatic hydroxyl groups is 1. The second-order valence-corrected chi connectivity index (χ2v) is 12.6. The van der Waals surface area contributed by atoms with Gasteiger partial charge in [0.2, 0.25) is 17.7 Å². The van der Waals surface area contributed by atoms with E-state index in [4.69, 9.17) is 21.4 Å². The van der Waals surface area contributed by atoms with Crippen LogP contribution in [0, 0.1) is 11.8 Å². The first-order valence-corrected chi connectivity index (χ1v) is 15.3. The quantitative estimate of drug-likeness (QED) is 0.304. The van der Waals surface area contributed by atoms with E-state index in [2.05, 4.69) is 10.6 Å². The summed E-state index contributed by atoms with van der Waals surface area (Å²) in [7, 11) is 0. The van der Waals surface area contributed by atoms with Crippen LogP contribution in [0.3, 0.4) is 0 Å². The molecule has 3 N–H and O–H groups in total. The fourth-order valence-electron chi connectivity index (χ4n) is 6.53. The van der Waals surface area contributed by atoms with Gasteiger partial charge in [-0.2, -0.15) is 0 Å². The molecule has 8 nitrogen and oxygen atoms in total. The number of hydrogen-bond donors (Lipinski definition) is 3. The Hall–Kier alpha value is -2.75. The third-order valence-electron chi connectivity index (χ3n) is 8.22. The number of likely N-dealkylation sites (tertiary alicyclic amines) is 1. The third-order valence-corrected chi connectivity index (χ3v) is 10.5. The molecule has 0 aliphatic carbocycles. The molecule has 3 amide bonds. The summed E-state index contributed by atoms with van der Waals surface area (Å²) in [5.74, 6) is -0.936. The summed E-state index contributed by atoms with van der Waals surface area (Å²) in [6.07, 6.45) is 4.61. The number of nitrogens with zero attached hydrogens (tertiary/aromatic N) is 1. The average molecular weight is 586 g/mol. The Morgan fingerprint density at radius 2 is 1.82 bits per heavy atom. The van der Waals surface area contributed by atoms with Crippen molar-refractivity contribution in [1.29, 1.82) is 0 Å². The molecule has 2 unspecified atom stereocenters. The molecule has 214 valence electrons. The normalized spacial score (nSPS) is 26.6. The van der Waals surface area contributed by atoms with Crippen molar-refractivity contribution in [3.05, 3.63) is 53.6 Å². The van der Waals surface area contributed by atoms with Gasteiger partial charge in [-0.1, -0.05) is 36.6 Å². The van der Waals surface area contributed by atoms with Crippen molar-refractivity contribution in [2.75, 3.05) is 30.4 Å². The zero-order chi connectivity index (χ0) is 28.3. The predicted octanol–water partition coefficient (Wildman–Crippen LogP) is 4.96. The first-order valence-electron chi connectivity index (χ1n) is 14.1. The average Bonchev–Trinajstić information content (AvgIpc) is 3.58. The van der Waals surface area contributed by atoms with Crippen molar-refractivity contribution >= 4 is 52.5 Å². The molecule has 1 spiro atoms. The van der Waals surface area contributed by atoms with Gasteiger partial charge in [0.05, 0.1) is 33.9 Å². The Bertz CT molecular complexity index is 1240. The Morgan fingerprint density at radius 3 is 2.55 bits per heavy atom. The number of anilines is 2. The number of halogens is 1. The molecule has 3 heterocycles. The summed E-state index contributed by atoms with van der Waals surface area (Å²) in [5, 5.41) is 15.5. The lowest BCUT2D eigenvalue weighted by Gasteiger charge is -2.34. The minimum absolute atomic E-state index is 0.0287. The van der Waals surface area contributed by atoms with Crippen LogP contribution in [0.5, 0.6) is 5.75 Å². The maximum Gasteiger partial charge on any atom is 0.248 e. The first kappa shape index (κ1) is 28.8. The second-order valence-electron chi connectivity index (χ2n) is 10.6. The molecule has 0 radical (unpaired) electrons. The number of aliphatic hydroxyl groups excluding tert-OH is 1. The van der Waals surface area contributed by atoms with Crippen LogP contribution in [-0.2, 0) is 14.4 Å². The van der Waals surface area contributed by atoms with Gasteiger partial charge in [-0.3, -0.25) is 14.4 Å². The minimum atomic E-state index is -0.697. The molecular formula is C30H36ClN3O5S. The molecule has 10 heteroatoms. The molecule has 2 aromatic rings. The summed E-state index contributed by atoms with van der Waals surface area (Å²) in [6.45, 7) is 3.04. The van der Waals surface area contributed by atoms with Crippen LogP contribution < -0.4 is 15.4 Å². The van der Waals surface area contributed by atoms with Crippen LogP contribution >= 0.6 is 23.4 Å². The highest BCUT2D eigenvalue weighted by molar-refractivity contribution is 8.02. The summed E-state index contributed by atoms with van der Waals surface area (Å²) in [4.78, 5) is 43.4. The molecule has 3 aliphatic rings. The lowest BCUT2D eigenvalue weighted by molar-refractivity contribution is -0.138. The van der Waals surface area contributed by atoms with E-state index in [1.807, 2.05) is 19.1 Å². The van der Waals surface area contributed by atoms with E-state index in [-0.39, 0.29) is 29.6 Å². The van der Waals surface area contributed by atoms with Crippen LogP contribution in [0.1, 0.15) is 45.4 Å². The summed E-state index contributed by atoms with van der Waals surface area (Å²) < 4.78 is 4.83. The van der Waals surface area contributed by atoms with Crippen molar-refractivity contribution in [3.8, 4) is 5.75 Å². The van der Waals surface area contributed by atoms with E-state index < -0.39 is 22.6 Å². The van der Waals surface area contributed by atoms with Crippen molar-refractivity contribution in [2.24, 2.45) is 11.8 Å². The van der Waals surface area contributed by atoms with E-state index in [1.54, 1.807) is 53.1 Å². The Morgan fingerprint density at radius 1 is 1.07 bits per heavy atom. The van der Waals surface area contributed by atoms with Crippen LogP contribution in [0.2, 0.25) is 5.02 Å². The van der Waals surface area contributed by atoms with E-state index in [0.29, 0.717) is 42.4 Å². The van der Waals surface area contributed by atoms with Gasteiger partial charge in [-0.15, -0.1) is 11.8 Å². The zero-order valence-corrected chi connectivity index (χ0v) is 24.2. The summed E-state index contributed by atoms with van der Waals surface area (Å²) >= 11 is 7.99. The Labute approximate surface area is 244 Å². The van der Waals surface area contributed by atoms with Crippen LogP contribution in [0.4, 0.5) is 11.4 Å². The highest BCUT2D eigenvalue weighted by Crippen LogP contribution is 2.66. The fraction of sp³-hybridized carbons (Fsp3) is 0.500. The maximum absolute atomic E-state index is 14.1. The molecule has 2 aromatic carbocycles. The van der Waals surface area contributed by atoms with E-state index in [1.165, 1.54) is 0 Å². The van der Waals surface area contributed by atoms with Crippen molar-refractivity contribution in [1.82, 2.24) is 4.90 Å². The second kappa shape index (κ2) is 12.4. The lowest BCUT2D eigenvalue weighted by Crippen LogP contribution is -2.51. The number of thioether (sulfide) groups is 1. The molecule has 0 aromatic heterocycles. The number of fused-ring (bicyclic) bond motifs is 1. The zero-order valence-electron chi connectivity index (χ0n) is 22.6. The molecule has 3 aliphatic heterocycles. The number of benzene rings is 2. The first-order chi connectivity index (χ1) is 19.4. The number of nitrogens with one attached hydrogen (secondary N) is 2. The van der Waals surface area contributed by atoms with E-state index in [0.717, 1.165) is 31.4 Å². The lowest BCUT2D eigenvalue weighted by atomic mass is 9.70. The van der Waals surface area contributed by atoms with Crippen molar-refractivity contribution in [2.45, 2.75) is 61.5 Å². The highest BCUT2D eigenvalue weighted by Gasteiger charge is 2.73. The largest absolute Gasteiger partial charge is 0.494 e. The van der Waals surface area contributed by atoms with Gasteiger partial charge in [0.1, 0.15) is 11.8 Å². The number of amides is 3. The molecule has 5 rings (SSSR count). The highest BCUT2D eigenvalue weighted by atomic mass is 35.5. The van der Waals surface area contributed by atoms with E-state index in [9.17, 15) is 14.4 Å². The van der Waals surface area contributed by atoms with Gasteiger partial charge < -0.3 is 25.4 Å². The SMILES string of the molecule is CCOc1ccc(NC(=O)[C@@H]2[C@H]3C(=O)N(CCCCCCO)C(C(=O)Nc4ccccc4Cl)C34CC[C@H]2S4)cc1. The maximum atomic E-state index is 14.1. The van der Waals surface area contributed by atoms with Gasteiger partial charge in [0.25, 0.3) is 0 Å². The number of unbranched alkanes of at least 4 members (excludes halogenated alkanes) is 3. The predicted molar refractivity (Wildman–Crippen MR) is 158 cm³/mol. The monoisotopic (exact) mass is 585 g/mol. The van der Waals surface area contributed by atoms with Gasteiger partial charge >= 0.3 is 0 Å². The molecule has 3 fully saturated rings.